The molecule has 14 nitrogen and oxygen atoms in total. The zero-order valence-electron chi connectivity index (χ0n) is 26.1. The monoisotopic (exact) mass is 676 g/mol. The Morgan fingerprint density at radius 1 is 0.592 bits per heavy atom. The number of piperidine rings is 2. The number of carbonyl (C=O) groups is 6. The highest BCUT2D eigenvalue weighted by Gasteiger charge is 2.46. The zero-order valence-corrected chi connectivity index (χ0v) is 26.1. The molecule has 4 atom stereocenters. The molecule has 8 rings (SSSR count). The van der Waals surface area contributed by atoms with Crippen molar-refractivity contribution >= 4 is 35.4 Å². The van der Waals surface area contributed by atoms with Gasteiger partial charge in [-0.15, -0.1) is 0 Å². The first-order valence-electron chi connectivity index (χ1n) is 16.4. The van der Waals surface area contributed by atoms with Crippen molar-refractivity contribution in [2.24, 2.45) is 0 Å². The maximum atomic E-state index is 12.7. The van der Waals surface area contributed by atoms with Gasteiger partial charge in [-0.05, 0) is 81.7 Å². The Balaban J connectivity index is 0.000000167. The van der Waals surface area contributed by atoms with E-state index >= 15 is 0 Å². The summed E-state index contributed by atoms with van der Waals surface area (Å²) in [7, 11) is 0. The van der Waals surface area contributed by atoms with E-state index in [1.165, 1.54) is 0 Å². The third-order valence-electron chi connectivity index (χ3n) is 9.86. The van der Waals surface area contributed by atoms with Crippen LogP contribution >= 0.6 is 0 Å². The lowest BCUT2D eigenvalue weighted by molar-refractivity contribution is -0.140. The summed E-state index contributed by atoms with van der Waals surface area (Å²) < 4.78 is 11.6. The lowest BCUT2D eigenvalue weighted by atomic mass is 9.96. The molecule has 6 amide bonds. The van der Waals surface area contributed by atoms with Crippen LogP contribution in [-0.2, 0) is 19.2 Å². The van der Waals surface area contributed by atoms with Crippen molar-refractivity contribution in [2.45, 2.75) is 108 Å². The SMILES string of the molecule is C.O=C1CCC(N2C(=O)c3cc(OC4CCC4)ccc3C2O)C(=O)N1.O=C1CCC(N2C(=O)c3ccc(OC4CCC4)cc3C2O)C(=O)N1. The van der Waals surface area contributed by atoms with Gasteiger partial charge in [0.2, 0.25) is 23.6 Å². The van der Waals surface area contributed by atoms with E-state index in [1.54, 1.807) is 36.4 Å². The molecule has 4 N–H and O–H groups in total. The average Bonchev–Trinajstić information content (AvgIpc) is 3.41. The summed E-state index contributed by atoms with van der Waals surface area (Å²) in [5, 5.41) is 25.5. The minimum absolute atomic E-state index is 0. The van der Waals surface area contributed by atoms with Crippen LogP contribution in [-0.4, -0.2) is 79.7 Å². The summed E-state index contributed by atoms with van der Waals surface area (Å²) >= 11 is 0. The molecule has 2 aliphatic carbocycles. The lowest BCUT2D eigenvalue weighted by Crippen LogP contribution is -2.53. The van der Waals surface area contributed by atoms with Crippen LogP contribution in [0.15, 0.2) is 36.4 Å². The van der Waals surface area contributed by atoms with Crippen LogP contribution in [0.3, 0.4) is 0 Å². The van der Waals surface area contributed by atoms with Crippen LogP contribution in [0, 0.1) is 0 Å². The van der Waals surface area contributed by atoms with Gasteiger partial charge in [-0.1, -0.05) is 13.5 Å². The molecule has 0 bridgehead atoms. The molecule has 4 fully saturated rings. The lowest BCUT2D eigenvalue weighted by Gasteiger charge is -2.32. The smallest absolute Gasteiger partial charge is 0.257 e. The first kappa shape index (κ1) is 34.1. The molecule has 0 aromatic heterocycles. The van der Waals surface area contributed by atoms with Crippen LogP contribution in [0.1, 0.15) is 116 Å². The largest absolute Gasteiger partial charge is 0.490 e. The van der Waals surface area contributed by atoms with Gasteiger partial charge in [0.25, 0.3) is 11.8 Å². The Morgan fingerprint density at radius 3 is 1.55 bits per heavy atom. The number of hydrogen-bond acceptors (Lipinski definition) is 10. The van der Waals surface area contributed by atoms with Crippen molar-refractivity contribution in [3.05, 3.63) is 58.7 Å². The van der Waals surface area contributed by atoms with E-state index in [-0.39, 0.29) is 57.1 Å². The van der Waals surface area contributed by atoms with Crippen molar-refractivity contribution in [3.63, 3.8) is 0 Å². The summed E-state index contributed by atoms with van der Waals surface area (Å²) in [6.45, 7) is 0. The average molecular weight is 677 g/mol. The van der Waals surface area contributed by atoms with E-state index in [9.17, 15) is 39.0 Å². The Hall–Kier alpha value is -4.82. The molecule has 14 heteroatoms. The molecule has 49 heavy (non-hydrogen) atoms. The van der Waals surface area contributed by atoms with E-state index < -0.39 is 48.2 Å². The number of amides is 6. The molecule has 6 aliphatic rings. The maximum absolute atomic E-state index is 12.7. The fourth-order valence-electron chi connectivity index (χ4n) is 6.72. The van der Waals surface area contributed by atoms with E-state index in [0.717, 1.165) is 48.3 Å². The number of rotatable bonds is 6. The minimum Gasteiger partial charge on any atom is -0.490 e. The van der Waals surface area contributed by atoms with Crippen LogP contribution in [0.5, 0.6) is 11.5 Å². The predicted molar refractivity (Wildman–Crippen MR) is 171 cm³/mol. The fraction of sp³-hybridized carbons (Fsp3) is 0.486. The van der Waals surface area contributed by atoms with Gasteiger partial charge in [-0.2, -0.15) is 0 Å². The van der Waals surface area contributed by atoms with Crippen molar-refractivity contribution in [1.29, 1.82) is 0 Å². The Kier molecular flexibility index (Phi) is 9.45. The molecule has 2 saturated heterocycles. The molecule has 2 saturated carbocycles. The molecule has 2 aromatic carbocycles. The molecular formula is C35H40N4O10. The minimum atomic E-state index is -1.21. The molecule has 2 aromatic rings. The predicted octanol–water partition coefficient (Wildman–Crippen LogP) is 2.38. The van der Waals surface area contributed by atoms with Gasteiger partial charge in [0, 0.05) is 29.5 Å². The molecule has 4 aliphatic heterocycles. The number of aliphatic hydroxyl groups is 2. The second kappa shape index (κ2) is 13.6. The third kappa shape index (κ3) is 6.37. The number of fused-ring (bicyclic) bond motifs is 2. The van der Waals surface area contributed by atoms with Gasteiger partial charge in [0.05, 0.1) is 17.8 Å². The highest BCUT2D eigenvalue weighted by Crippen LogP contribution is 2.39. The highest BCUT2D eigenvalue weighted by atomic mass is 16.5. The molecular weight excluding hydrogens is 636 g/mol. The van der Waals surface area contributed by atoms with Gasteiger partial charge in [0.1, 0.15) is 23.6 Å². The van der Waals surface area contributed by atoms with E-state index in [0.29, 0.717) is 33.8 Å². The zero-order chi connectivity index (χ0) is 33.7. The quantitative estimate of drug-likeness (QED) is 0.330. The van der Waals surface area contributed by atoms with Crippen molar-refractivity contribution in [1.82, 2.24) is 20.4 Å². The summed E-state index contributed by atoms with van der Waals surface area (Å²) in [5.74, 6) is -1.39. The van der Waals surface area contributed by atoms with Gasteiger partial charge < -0.3 is 19.7 Å². The normalized spacial score (nSPS) is 26.3. The topological polar surface area (TPSA) is 192 Å². The Morgan fingerprint density at radius 2 is 1.06 bits per heavy atom. The first-order valence-corrected chi connectivity index (χ1v) is 16.4. The summed E-state index contributed by atoms with van der Waals surface area (Å²) in [5.41, 5.74) is 1.63. The Labute approximate surface area is 282 Å². The number of aliphatic hydroxyl groups excluding tert-OH is 2. The number of benzene rings is 2. The van der Waals surface area contributed by atoms with Gasteiger partial charge in [-0.3, -0.25) is 49.2 Å². The second-order valence-electron chi connectivity index (χ2n) is 12.9. The van der Waals surface area contributed by atoms with Crippen LogP contribution in [0.2, 0.25) is 0 Å². The first-order chi connectivity index (χ1) is 23.1. The Bertz CT molecular complexity index is 1670. The van der Waals surface area contributed by atoms with Crippen molar-refractivity contribution in [2.75, 3.05) is 0 Å². The third-order valence-corrected chi connectivity index (χ3v) is 9.86. The summed E-state index contributed by atoms with van der Waals surface area (Å²) in [6.07, 6.45) is 5.08. The van der Waals surface area contributed by atoms with Crippen LogP contribution in [0.25, 0.3) is 0 Å². The number of ether oxygens (including phenoxy) is 2. The van der Waals surface area contributed by atoms with Gasteiger partial charge in [-0.25, -0.2) is 0 Å². The standard InChI is InChI=1S/2C17H18N2O5.CH4/c2*20-14-7-6-13(15(21)18-14)19-16(22)11-5-4-10(8-12(11)17(19)23)24-9-2-1-3-9;/h4-5,8-9,13,17,23H,1-3,6-7H2,(H,18,20,21);4-5,8-9,13,16,22H,1-3,6-7H2,(H,18,20,21);1H4. The number of nitrogens with one attached hydrogen (secondary N) is 2. The molecule has 260 valence electrons. The van der Waals surface area contributed by atoms with Gasteiger partial charge >= 0.3 is 0 Å². The van der Waals surface area contributed by atoms with E-state index in [4.69, 9.17) is 9.47 Å². The van der Waals surface area contributed by atoms with Crippen LogP contribution in [0.4, 0.5) is 0 Å². The fourth-order valence-corrected chi connectivity index (χ4v) is 6.72. The molecule has 4 heterocycles. The molecule has 0 spiro atoms. The van der Waals surface area contributed by atoms with Crippen molar-refractivity contribution in [3.8, 4) is 11.5 Å². The van der Waals surface area contributed by atoms with Crippen LogP contribution < -0.4 is 20.1 Å². The van der Waals surface area contributed by atoms with E-state index in [2.05, 4.69) is 10.6 Å². The van der Waals surface area contributed by atoms with E-state index in [1.807, 2.05) is 0 Å². The number of imide groups is 2. The second-order valence-corrected chi connectivity index (χ2v) is 12.9. The number of carbonyl (C=O) groups excluding carboxylic acids is 6. The summed E-state index contributed by atoms with van der Waals surface area (Å²) in [4.78, 5) is 74.2. The number of nitrogens with zero attached hydrogens (tertiary/aromatic N) is 2. The molecule has 0 radical (unpaired) electrons. The van der Waals surface area contributed by atoms with Gasteiger partial charge in [0.15, 0.2) is 12.5 Å². The summed E-state index contributed by atoms with van der Waals surface area (Å²) in [6, 6.07) is 8.37. The number of hydrogen-bond donors (Lipinski definition) is 4. The maximum Gasteiger partial charge on any atom is 0.257 e. The molecule has 4 unspecified atom stereocenters. The highest BCUT2D eigenvalue weighted by molar-refractivity contribution is 6.06. The van der Waals surface area contributed by atoms with Crippen molar-refractivity contribution < 1.29 is 48.5 Å².